The van der Waals surface area contributed by atoms with Crippen LogP contribution < -0.4 is 0 Å². The Labute approximate surface area is 89.7 Å². The summed E-state index contributed by atoms with van der Waals surface area (Å²) in [6.07, 6.45) is -0.489. The molecule has 82 valence electrons. The van der Waals surface area contributed by atoms with Crippen molar-refractivity contribution in [2.45, 2.75) is 20.0 Å². The van der Waals surface area contributed by atoms with Crippen LogP contribution in [0.4, 0.5) is 0 Å². The number of aliphatic hydroxyl groups is 1. The third-order valence-electron chi connectivity index (χ3n) is 2.30. The summed E-state index contributed by atoms with van der Waals surface area (Å²) in [6, 6.07) is 6.81. The first-order chi connectivity index (χ1) is 7.06. The predicted octanol–water partition coefficient (Wildman–Crippen LogP) is 2.16. The quantitative estimate of drug-likeness (QED) is 0.774. The molecular formula is C12H16O3. The van der Waals surface area contributed by atoms with Crippen LogP contribution in [0, 0.1) is 5.92 Å². The number of carbonyl (C=O) groups excluding carboxylic acids is 1. The summed E-state index contributed by atoms with van der Waals surface area (Å²) < 4.78 is 4.58. The van der Waals surface area contributed by atoms with Gasteiger partial charge in [-0.25, -0.2) is 4.79 Å². The molecule has 0 amide bonds. The van der Waals surface area contributed by atoms with Crippen molar-refractivity contribution in [1.29, 1.82) is 0 Å². The van der Waals surface area contributed by atoms with Crippen molar-refractivity contribution in [3.05, 3.63) is 35.4 Å². The van der Waals surface area contributed by atoms with Crippen molar-refractivity contribution in [2.24, 2.45) is 5.92 Å². The summed E-state index contributed by atoms with van der Waals surface area (Å²) in [4.78, 5) is 11.1. The van der Waals surface area contributed by atoms with Crippen molar-refractivity contribution in [1.82, 2.24) is 0 Å². The third-order valence-corrected chi connectivity index (χ3v) is 2.30. The standard InChI is InChI=1S/C12H16O3/c1-8(2)11(13)9-4-6-10(7-5-9)12(14)15-3/h4-8,11,13H,1-3H3. The van der Waals surface area contributed by atoms with Gasteiger partial charge < -0.3 is 9.84 Å². The number of ether oxygens (including phenoxy) is 1. The van der Waals surface area contributed by atoms with E-state index >= 15 is 0 Å². The van der Waals surface area contributed by atoms with Gasteiger partial charge in [-0.05, 0) is 23.6 Å². The van der Waals surface area contributed by atoms with Crippen LogP contribution >= 0.6 is 0 Å². The molecule has 1 unspecified atom stereocenters. The molecule has 15 heavy (non-hydrogen) atoms. The normalized spacial score (nSPS) is 12.6. The van der Waals surface area contributed by atoms with E-state index < -0.39 is 6.10 Å². The highest BCUT2D eigenvalue weighted by Crippen LogP contribution is 2.21. The SMILES string of the molecule is COC(=O)c1ccc(C(O)C(C)C)cc1. The van der Waals surface area contributed by atoms with E-state index in [2.05, 4.69) is 4.74 Å². The van der Waals surface area contributed by atoms with Gasteiger partial charge in [-0.2, -0.15) is 0 Å². The second-order valence-corrected chi connectivity index (χ2v) is 3.80. The molecule has 0 spiro atoms. The van der Waals surface area contributed by atoms with Gasteiger partial charge in [0.2, 0.25) is 0 Å². The summed E-state index contributed by atoms with van der Waals surface area (Å²) in [6.45, 7) is 3.89. The van der Waals surface area contributed by atoms with Gasteiger partial charge in [-0.15, -0.1) is 0 Å². The second kappa shape index (κ2) is 4.94. The molecule has 1 aromatic rings. The Morgan fingerprint density at radius 1 is 1.27 bits per heavy atom. The molecular weight excluding hydrogens is 192 g/mol. The van der Waals surface area contributed by atoms with Crippen molar-refractivity contribution in [2.75, 3.05) is 7.11 Å². The molecule has 1 rings (SSSR count). The van der Waals surface area contributed by atoms with Gasteiger partial charge in [0.25, 0.3) is 0 Å². The van der Waals surface area contributed by atoms with Gasteiger partial charge in [0.1, 0.15) is 0 Å². The lowest BCUT2D eigenvalue weighted by Crippen LogP contribution is -2.06. The predicted molar refractivity (Wildman–Crippen MR) is 57.6 cm³/mol. The van der Waals surface area contributed by atoms with E-state index in [4.69, 9.17) is 0 Å². The highest BCUT2D eigenvalue weighted by atomic mass is 16.5. The summed E-state index contributed by atoms with van der Waals surface area (Å²) in [5, 5.41) is 9.77. The fourth-order valence-corrected chi connectivity index (χ4v) is 1.32. The van der Waals surface area contributed by atoms with E-state index in [0.717, 1.165) is 5.56 Å². The molecule has 1 aromatic carbocycles. The average molecular weight is 208 g/mol. The van der Waals surface area contributed by atoms with Gasteiger partial charge >= 0.3 is 5.97 Å². The molecule has 0 saturated carbocycles. The molecule has 0 aromatic heterocycles. The summed E-state index contributed by atoms with van der Waals surface area (Å²) in [5.74, 6) is -0.199. The summed E-state index contributed by atoms with van der Waals surface area (Å²) in [7, 11) is 1.35. The maximum absolute atomic E-state index is 11.1. The highest BCUT2D eigenvalue weighted by Gasteiger charge is 2.12. The Balaban J connectivity index is 2.85. The summed E-state index contributed by atoms with van der Waals surface area (Å²) in [5.41, 5.74) is 1.31. The fraction of sp³-hybridized carbons (Fsp3) is 0.417. The van der Waals surface area contributed by atoms with Crippen LogP contribution in [0.15, 0.2) is 24.3 Å². The van der Waals surface area contributed by atoms with Gasteiger partial charge in [0.15, 0.2) is 0 Å². The number of aliphatic hydroxyl groups excluding tert-OH is 1. The van der Waals surface area contributed by atoms with Crippen LogP contribution in [0.5, 0.6) is 0 Å². The van der Waals surface area contributed by atoms with E-state index in [1.54, 1.807) is 24.3 Å². The van der Waals surface area contributed by atoms with Crippen molar-refractivity contribution >= 4 is 5.97 Å². The van der Waals surface area contributed by atoms with E-state index in [-0.39, 0.29) is 11.9 Å². The average Bonchev–Trinajstić information content (AvgIpc) is 2.27. The number of hydrogen-bond acceptors (Lipinski definition) is 3. The first-order valence-corrected chi connectivity index (χ1v) is 4.92. The molecule has 0 heterocycles. The number of benzene rings is 1. The Bertz CT molecular complexity index is 327. The molecule has 3 heteroatoms. The minimum Gasteiger partial charge on any atom is -0.465 e. The van der Waals surface area contributed by atoms with Crippen LogP contribution in [0.25, 0.3) is 0 Å². The van der Waals surface area contributed by atoms with Crippen LogP contribution in [0.1, 0.15) is 35.9 Å². The number of methoxy groups -OCH3 is 1. The molecule has 0 aliphatic carbocycles. The largest absolute Gasteiger partial charge is 0.465 e. The molecule has 0 aliphatic rings. The minimum atomic E-state index is -0.489. The maximum Gasteiger partial charge on any atom is 0.337 e. The Hall–Kier alpha value is -1.35. The first-order valence-electron chi connectivity index (χ1n) is 4.92. The molecule has 1 N–H and O–H groups in total. The van der Waals surface area contributed by atoms with E-state index in [1.807, 2.05) is 13.8 Å². The Morgan fingerprint density at radius 2 is 1.80 bits per heavy atom. The topological polar surface area (TPSA) is 46.5 Å². The van der Waals surface area contributed by atoms with Crippen LogP contribution in [0.2, 0.25) is 0 Å². The van der Waals surface area contributed by atoms with Gasteiger partial charge in [-0.1, -0.05) is 26.0 Å². The minimum absolute atomic E-state index is 0.161. The number of rotatable bonds is 3. The second-order valence-electron chi connectivity index (χ2n) is 3.80. The molecule has 0 aliphatic heterocycles. The van der Waals surface area contributed by atoms with E-state index in [0.29, 0.717) is 5.56 Å². The van der Waals surface area contributed by atoms with Gasteiger partial charge in [-0.3, -0.25) is 0 Å². The van der Waals surface area contributed by atoms with Crippen molar-refractivity contribution in [3.63, 3.8) is 0 Å². The Morgan fingerprint density at radius 3 is 2.20 bits per heavy atom. The molecule has 3 nitrogen and oxygen atoms in total. The van der Waals surface area contributed by atoms with Crippen molar-refractivity contribution < 1.29 is 14.6 Å². The zero-order valence-electron chi connectivity index (χ0n) is 9.23. The molecule has 0 saturated heterocycles. The zero-order valence-corrected chi connectivity index (χ0v) is 9.23. The fourth-order valence-electron chi connectivity index (χ4n) is 1.32. The van der Waals surface area contributed by atoms with Crippen LogP contribution in [-0.4, -0.2) is 18.2 Å². The first kappa shape index (κ1) is 11.7. The van der Waals surface area contributed by atoms with E-state index in [1.165, 1.54) is 7.11 Å². The number of carbonyl (C=O) groups is 1. The molecule has 0 radical (unpaired) electrons. The lowest BCUT2D eigenvalue weighted by molar-refractivity contribution is 0.0600. The monoisotopic (exact) mass is 208 g/mol. The molecule has 1 atom stereocenters. The van der Waals surface area contributed by atoms with Crippen LogP contribution in [0.3, 0.4) is 0 Å². The Kier molecular flexibility index (Phi) is 3.86. The number of hydrogen-bond donors (Lipinski definition) is 1. The van der Waals surface area contributed by atoms with Crippen LogP contribution in [-0.2, 0) is 4.74 Å². The highest BCUT2D eigenvalue weighted by molar-refractivity contribution is 5.89. The lowest BCUT2D eigenvalue weighted by atomic mass is 9.98. The lowest BCUT2D eigenvalue weighted by Gasteiger charge is -2.14. The smallest absolute Gasteiger partial charge is 0.337 e. The molecule has 0 fully saturated rings. The van der Waals surface area contributed by atoms with Gasteiger partial charge in [0, 0.05) is 0 Å². The van der Waals surface area contributed by atoms with Gasteiger partial charge in [0.05, 0.1) is 18.8 Å². The van der Waals surface area contributed by atoms with Crippen molar-refractivity contribution in [3.8, 4) is 0 Å². The number of esters is 1. The third kappa shape index (κ3) is 2.80. The summed E-state index contributed by atoms with van der Waals surface area (Å²) >= 11 is 0. The maximum atomic E-state index is 11.1. The van der Waals surface area contributed by atoms with E-state index in [9.17, 15) is 9.90 Å². The molecule has 0 bridgehead atoms. The zero-order chi connectivity index (χ0) is 11.4.